The number of benzene rings is 2. The van der Waals surface area contributed by atoms with Crippen LogP contribution in [0.5, 0.6) is 0 Å². The molecule has 0 aliphatic rings. The first-order valence-corrected chi connectivity index (χ1v) is 8.18. The minimum Gasteiger partial charge on any atom is -0.465 e. The van der Waals surface area contributed by atoms with E-state index in [0.717, 1.165) is 5.56 Å². The van der Waals surface area contributed by atoms with Crippen LogP contribution in [0.15, 0.2) is 59.5 Å². The largest absolute Gasteiger partial charge is 0.465 e. The molecule has 22 heavy (non-hydrogen) atoms. The Labute approximate surface area is 130 Å². The van der Waals surface area contributed by atoms with Crippen molar-refractivity contribution in [2.45, 2.75) is 17.9 Å². The van der Waals surface area contributed by atoms with Crippen LogP contribution in [-0.2, 0) is 14.8 Å². The van der Waals surface area contributed by atoms with Gasteiger partial charge in [-0.05, 0) is 24.6 Å². The normalized spacial score (nSPS) is 12.6. The molecule has 0 aromatic heterocycles. The monoisotopic (exact) mass is 319 g/mol. The molecule has 0 radical (unpaired) electrons. The van der Waals surface area contributed by atoms with Crippen molar-refractivity contribution < 1.29 is 17.9 Å². The average Bonchev–Trinajstić information content (AvgIpc) is 2.54. The van der Waals surface area contributed by atoms with E-state index in [2.05, 4.69) is 9.46 Å². The lowest BCUT2D eigenvalue weighted by molar-refractivity contribution is 0.0596. The Balaban J connectivity index is 2.34. The molecule has 0 aliphatic heterocycles. The Morgan fingerprint density at radius 1 is 1.05 bits per heavy atom. The van der Waals surface area contributed by atoms with E-state index in [9.17, 15) is 13.2 Å². The first-order valence-electron chi connectivity index (χ1n) is 6.70. The number of hydrogen-bond donors (Lipinski definition) is 1. The fourth-order valence-electron chi connectivity index (χ4n) is 2.09. The van der Waals surface area contributed by atoms with E-state index in [4.69, 9.17) is 0 Å². The molecule has 2 aromatic rings. The van der Waals surface area contributed by atoms with Gasteiger partial charge in [-0.25, -0.2) is 17.9 Å². The topological polar surface area (TPSA) is 72.5 Å². The first-order chi connectivity index (χ1) is 10.5. The predicted molar refractivity (Wildman–Crippen MR) is 83.0 cm³/mol. The summed E-state index contributed by atoms with van der Waals surface area (Å²) >= 11 is 0. The highest BCUT2D eigenvalue weighted by Crippen LogP contribution is 2.20. The standard InChI is InChI=1S/C16H17NO4S/c1-12(13-8-4-3-5-9-13)17-22(19,20)15-11-7-6-10-14(15)16(18)21-2/h3-12,17H,1-2H3/t12-/m1/s1. The van der Waals surface area contributed by atoms with Crippen LogP contribution in [0.1, 0.15) is 28.9 Å². The van der Waals surface area contributed by atoms with Gasteiger partial charge in [0.25, 0.3) is 0 Å². The van der Waals surface area contributed by atoms with Gasteiger partial charge in [-0.15, -0.1) is 0 Å². The molecule has 116 valence electrons. The van der Waals surface area contributed by atoms with Crippen LogP contribution < -0.4 is 4.72 Å². The molecule has 0 unspecified atom stereocenters. The molecule has 2 rings (SSSR count). The van der Waals surface area contributed by atoms with Gasteiger partial charge in [0.2, 0.25) is 10.0 Å². The van der Waals surface area contributed by atoms with E-state index in [-0.39, 0.29) is 10.5 Å². The Morgan fingerprint density at radius 3 is 2.27 bits per heavy atom. The smallest absolute Gasteiger partial charge is 0.339 e. The number of hydrogen-bond acceptors (Lipinski definition) is 4. The van der Waals surface area contributed by atoms with Gasteiger partial charge in [-0.2, -0.15) is 0 Å². The van der Waals surface area contributed by atoms with E-state index in [0.29, 0.717) is 0 Å². The lowest BCUT2D eigenvalue weighted by atomic mass is 10.1. The molecule has 0 heterocycles. The van der Waals surface area contributed by atoms with Gasteiger partial charge in [0.1, 0.15) is 0 Å². The molecule has 6 heteroatoms. The minimum absolute atomic E-state index is 0.0118. The summed E-state index contributed by atoms with van der Waals surface area (Å²) in [6.07, 6.45) is 0. The summed E-state index contributed by atoms with van der Waals surface area (Å²) in [4.78, 5) is 11.6. The second kappa shape index (κ2) is 6.72. The van der Waals surface area contributed by atoms with Crippen molar-refractivity contribution in [3.63, 3.8) is 0 Å². The summed E-state index contributed by atoms with van der Waals surface area (Å²) in [5.41, 5.74) is 0.847. The molecule has 0 fully saturated rings. The van der Waals surface area contributed by atoms with Crippen molar-refractivity contribution in [2.24, 2.45) is 0 Å². The Morgan fingerprint density at radius 2 is 1.64 bits per heavy atom. The van der Waals surface area contributed by atoms with Crippen LogP contribution in [0, 0.1) is 0 Å². The first kappa shape index (κ1) is 16.2. The molecular formula is C16H17NO4S. The van der Waals surface area contributed by atoms with E-state index in [1.165, 1.54) is 19.2 Å². The molecule has 0 bridgehead atoms. The summed E-state index contributed by atoms with van der Waals surface area (Å²) in [6, 6.07) is 14.7. The fraction of sp³-hybridized carbons (Fsp3) is 0.188. The number of ether oxygens (including phenoxy) is 1. The van der Waals surface area contributed by atoms with Crippen LogP contribution in [-0.4, -0.2) is 21.5 Å². The maximum Gasteiger partial charge on any atom is 0.339 e. The Kier molecular flexibility index (Phi) is 4.95. The number of carbonyl (C=O) groups excluding carboxylic acids is 1. The quantitative estimate of drug-likeness (QED) is 0.860. The number of methoxy groups -OCH3 is 1. The van der Waals surface area contributed by atoms with Gasteiger partial charge in [0, 0.05) is 6.04 Å². The van der Waals surface area contributed by atoms with Crippen molar-refractivity contribution in [3.8, 4) is 0 Å². The van der Waals surface area contributed by atoms with Crippen LogP contribution in [0.2, 0.25) is 0 Å². The van der Waals surface area contributed by atoms with E-state index >= 15 is 0 Å². The van der Waals surface area contributed by atoms with Crippen molar-refractivity contribution in [1.82, 2.24) is 4.72 Å². The SMILES string of the molecule is COC(=O)c1ccccc1S(=O)(=O)N[C@H](C)c1ccccc1. The highest BCUT2D eigenvalue weighted by molar-refractivity contribution is 7.89. The van der Waals surface area contributed by atoms with Gasteiger partial charge >= 0.3 is 5.97 Å². The molecule has 5 nitrogen and oxygen atoms in total. The zero-order valence-electron chi connectivity index (χ0n) is 12.3. The van der Waals surface area contributed by atoms with Gasteiger partial charge in [0.05, 0.1) is 17.6 Å². The van der Waals surface area contributed by atoms with Crippen LogP contribution in [0.4, 0.5) is 0 Å². The summed E-state index contributed by atoms with van der Waals surface area (Å²) < 4.78 is 32.3. The predicted octanol–water partition coefficient (Wildman–Crippen LogP) is 2.51. The maximum atomic E-state index is 12.5. The number of sulfonamides is 1. The lowest BCUT2D eigenvalue weighted by Gasteiger charge is -2.16. The zero-order valence-corrected chi connectivity index (χ0v) is 13.1. The summed E-state index contributed by atoms with van der Waals surface area (Å²) in [7, 11) is -2.63. The zero-order chi connectivity index (χ0) is 16.2. The average molecular weight is 319 g/mol. The molecular weight excluding hydrogens is 302 g/mol. The molecule has 0 saturated heterocycles. The molecule has 0 spiro atoms. The van der Waals surface area contributed by atoms with Crippen molar-refractivity contribution in [1.29, 1.82) is 0 Å². The van der Waals surface area contributed by atoms with Crippen molar-refractivity contribution in [3.05, 3.63) is 65.7 Å². The highest BCUT2D eigenvalue weighted by atomic mass is 32.2. The van der Waals surface area contributed by atoms with E-state index < -0.39 is 22.0 Å². The molecule has 0 aliphatic carbocycles. The van der Waals surface area contributed by atoms with Crippen molar-refractivity contribution >= 4 is 16.0 Å². The third kappa shape index (κ3) is 3.52. The molecule has 0 amide bonds. The maximum absolute atomic E-state index is 12.5. The second-order valence-corrected chi connectivity index (χ2v) is 6.42. The molecule has 1 N–H and O–H groups in total. The Bertz CT molecular complexity index is 757. The van der Waals surface area contributed by atoms with Crippen LogP contribution in [0.3, 0.4) is 0 Å². The third-order valence-corrected chi connectivity index (χ3v) is 4.81. The summed E-state index contributed by atoms with van der Waals surface area (Å²) in [5.74, 6) is -0.687. The number of rotatable bonds is 5. The summed E-state index contributed by atoms with van der Waals surface area (Å²) in [6.45, 7) is 1.74. The van der Waals surface area contributed by atoms with Crippen LogP contribution >= 0.6 is 0 Å². The van der Waals surface area contributed by atoms with Gasteiger partial charge < -0.3 is 4.74 Å². The van der Waals surface area contributed by atoms with Gasteiger partial charge in [0.15, 0.2) is 0 Å². The van der Waals surface area contributed by atoms with E-state index in [1.807, 2.05) is 30.3 Å². The number of carbonyl (C=O) groups is 1. The lowest BCUT2D eigenvalue weighted by Crippen LogP contribution is -2.28. The van der Waals surface area contributed by atoms with Crippen LogP contribution in [0.25, 0.3) is 0 Å². The third-order valence-electron chi connectivity index (χ3n) is 3.21. The van der Waals surface area contributed by atoms with E-state index in [1.54, 1.807) is 19.1 Å². The van der Waals surface area contributed by atoms with Gasteiger partial charge in [-0.1, -0.05) is 42.5 Å². The molecule has 2 aromatic carbocycles. The van der Waals surface area contributed by atoms with Crippen molar-refractivity contribution in [2.75, 3.05) is 7.11 Å². The fourth-order valence-corrected chi connectivity index (χ4v) is 3.51. The molecule has 1 atom stereocenters. The summed E-state index contributed by atoms with van der Waals surface area (Å²) in [5, 5.41) is 0. The molecule has 0 saturated carbocycles. The Hall–Kier alpha value is -2.18. The number of nitrogens with one attached hydrogen (secondary N) is 1. The van der Waals surface area contributed by atoms with Gasteiger partial charge in [-0.3, -0.25) is 0 Å². The number of esters is 1. The second-order valence-electron chi connectivity index (χ2n) is 4.74. The minimum atomic E-state index is -3.84. The highest BCUT2D eigenvalue weighted by Gasteiger charge is 2.24.